The van der Waals surface area contributed by atoms with Crippen LogP contribution in [0.1, 0.15) is 18.2 Å². The molecule has 3 aromatic rings. The Bertz CT molecular complexity index is 1370. The van der Waals surface area contributed by atoms with Gasteiger partial charge in [-0.05, 0) is 60.1 Å². The molecular weight excluding hydrogens is 494 g/mol. The lowest BCUT2D eigenvalue weighted by Crippen LogP contribution is -2.36. The summed E-state index contributed by atoms with van der Waals surface area (Å²) in [4.78, 5) is 49.2. The first kappa shape index (κ1) is 24.2. The molecule has 1 aliphatic heterocycles. The van der Waals surface area contributed by atoms with Crippen molar-refractivity contribution in [3.05, 3.63) is 86.0 Å². The number of carbonyl (C=O) groups excluding carboxylic acids is 3. The highest BCUT2D eigenvalue weighted by atomic mass is 35.5. The highest BCUT2D eigenvalue weighted by Gasteiger charge is 2.36. The van der Waals surface area contributed by atoms with Gasteiger partial charge in [-0.3, -0.25) is 29.4 Å². The summed E-state index contributed by atoms with van der Waals surface area (Å²) in [6.45, 7) is 1.59. The van der Waals surface area contributed by atoms with Crippen molar-refractivity contribution in [2.75, 3.05) is 11.9 Å². The number of hydrogen-bond donors (Lipinski definition) is 1. The molecule has 0 radical (unpaired) electrons. The van der Waals surface area contributed by atoms with Crippen LogP contribution in [0.4, 0.5) is 16.2 Å². The normalized spacial score (nSPS) is 14.6. The van der Waals surface area contributed by atoms with Gasteiger partial charge in [0.2, 0.25) is 5.91 Å². The molecule has 0 spiro atoms. The molecule has 1 N–H and O–H groups in total. The van der Waals surface area contributed by atoms with Gasteiger partial charge in [0.1, 0.15) is 18.1 Å². The van der Waals surface area contributed by atoms with E-state index in [0.717, 1.165) is 16.9 Å². The molecule has 11 heteroatoms. The maximum absolute atomic E-state index is 12.7. The number of anilines is 1. The molecule has 0 unspecified atom stereocenters. The Morgan fingerprint density at radius 2 is 1.91 bits per heavy atom. The fourth-order valence-electron chi connectivity index (χ4n) is 3.37. The van der Waals surface area contributed by atoms with Gasteiger partial charge in [-0.1, -0.05) is 30.7 Å². The molecule has 1 aromatic heterocycles. The number of thioether (sulfide) groups is 1. The Balaban J connectivity index is 1.47. The van der Waals surface area contributed by atoms with Gasteiger partial charge >= 0.3 is 0 Å². The average molecular weight is 512 g/mol. The number of hydrogen-bond acceptors (Lipinski definition) is 7. The Labute approximate surface area is 208 Å². The summed E-state index contributed by atoms with van der Waals surface area (Å²) in [6, 6.07) is 14.5. The van der Waals surface area contributed by atoms with Crippen LogP contribution in [-0.4, -0.2) is 33.4 Å². The lowest BCUT2D eigenvalue weighted by Gasteiger charge is -2.12. The maximum atomic E-state index is 12.7. The zero-order valence-electron chi connectivity index (χ0n) is 18.3. The summed E-state index contributed by atoms with van der Waals surface area (Å²) in [6.07, 6.45) is 2.22. The number of nitro groups is 1. The van der Waals surface area contributed by atoms with E-state index in [0.29, 0.717) is 17.4 Å². The maximum Gasteiger partial charge on any atom is 0.294 e. The predicted molar refractivity (Wildman–Crippen MR) is 133 cm³/mol. The number of furan rings is 1. The first-order valence-corrected chi connectivity index (χ1v) is 11.6. The lowest BCUT2D eigenvalue weighted by molar-refractivity contribution is -0.384. The number of nitro benzene ring substituents is 1. The van der Waals surface area contributed by atoms with E-state index in [-0.39, 0.29) is 32.7 Å². The first-order valence-electron chi connectivity index (χ1n) is 10.4. The van der Waals surface area contributed by atoms with Crippen LogP contribution in [0.5, 0.6) is 0 Å². The predicted octanol–water partition coefficient (Wildman–Crippen LogP) is 5.75. The number of benzene rings is 2. The second-order valence-electron chi connectivity index (χ2n) is 7.49. The highest BCUT2D eigenvalue weighted by Crippen LogP contribution is 2.36. The van der Waals surface area contributed by atoms with Gasteiger partial charge in [0.15, 0.2) is 0 Å². The van der Waals surface area contributed by atoms with Crippen molar-refractivity contribution in [2.45, 2.75) is 13.3 Å². The van der Waals surface area contributed by atoms with Crippen LogP contribution < -0.4 is 5.32 Å². The Hall–Kier alpha value is -3.89. The van der Waals surface area contributed by atoms with E-state index in [2.05, 4.69) is 5.32 Å². The monoisotopic (exact) mass is 511 g/mol. The Morgan fingerprint density at radius 1 is 1.17 bits per heavy atom. The zero-order valence-corrected chi connectivity index (χ0v) is 19.9. The molecule has 0 atom stereocenters. The topological polar surface area (TPSA) is 123 Å². The summed E-state index contributed by atoms with van der Waals surface area (Å²) in [5, 5.41) is 13.6. The molecule has 1 fully saturated rings. The van der Waals surface area contributed by atoms with E-state index in [1.165, 1.54) is 36.4 Å². The lowest BCUT2D eigenvalue weighted by atomic mass is 10.1. The molecule has 1 saturated heterocycles. The number of carbonyl (C=O) groups is 3. The number of amides is 3. The van der Waals surface area contributed by atoms with Crippen molar-refractivity contribution in [2.24, 2.45) is 0 Å². The van der Waals surface area contributed by atoms with Gasteiger partial charge in [-0.15, -0.1) is 0 Å². The van der Waals surface area contributed by atoms with Crippen molar-refractivity contribution in [1.82, 2.24) is 4.90 Å². The van der Waals surface area contributed by atoms with E-state index in [1.807, 2.05) is 19.1 Å². The second-order valence-corrected chi connectivity index (χ2v) is 8.92. The summed E-state index contributed by atoms with van der Waals surface area (Å²) < 4.78 is 5.66. The van der Waals surface area contributed by atoms with Crippen LogP contribution in [0.3, 0.4) is 0 Å². The SMILES string of the molecule is CCc1ccc(NC(=O)CN2C(=O)S/C(=C/c3ccc(-c4ccc(Cl)cc4[N+](=O)[O-])o3)C2=O)cc1. The fourth-order valence-corrected chi connectivity index (χ4v) is 4.36. The number of aryl methyl sites for hydroxylation is 1. The third-order valence-electron chi connectivity index (χ3n) is 5.14. The van der Waals surface area contributed by atoms with Crippen molar-refractivity contribution in [1.29, 1.82) is 0 Å². The number of imide groups is 1. The van der Waals surface area contributed by atoms with Crippen molar-refractivity contribution >= 4 is 57.9 Å². The smallest absolute Gasteiger partial charge is 0.294 e. The summed E-state index contributed by atoms with van der Waals surface area (Å²) >= 11 is 6.53. The van der Waals surface area contributed by atoms with Crippen LogP contribution in [0.2, 0.25) is 5.02 Å². The Morgan fingerprint density at radius 3 is 2.60 bits per heavy atom. The van der Waals surface area contributed by atoms with Crippen molar-refractivity contribution in [3.63, 3.8) is 0 Å². The van der Waals surface area contributed by atoms with Crippen molar-refractivity contribution < 1.29 is 23.7 Å². The second kappa shape index (κ2) is 10.2. The molecule has 4 rings (SSSR count). The third kappa shape index (κ3) is 5.44. The minimum Gasteiger partial charge on any atom is -0.456 e. The summed E-state index contributed by atoms with van der Waals surface area (Å²) in [5.74, 6) is -0.720. The molecule has 0 bridgehead atoms. The van der Waals surface area contributed by atoms with Gasteiger partial charge in [0, 0.05) is 22.9 Å². The van der Waals surface area contributed by atoms with E-state index < -0.39 is 28.5 Å². The quantitative estimate of drug-likeness (QED) is 0.243. The Kier molecular flexibility index (Phi) is 7.04. The minimum absolute atomic E-state index is 0.0709. The summed E-state index contributed by atoms with van der Waals surface area (Å²) in [7, 11) is 0. The molecular formula is C24H18ClN3O6S. The molecule has 35 heavy (non-hydrogen) atoms. The molecule has 1 aliphatic rings. The number of nitrogens with one attached hydrogen (secondary N) is 1. The zero-order chi connectivity index (χ0) is 25.1. The van der Waals surface area contributed by atoms with Gasteiger partial charge < -0.3 is 9.73 Å². The van der Waals surface area contributed by atoms with E-state index in [9.17, 15) is 24.5 Å². The van der Waals surface area contributed by atoms with Gasteiger partial charge in [0.25, 0.3) is 16.8 Å². The van der Waals surface area contributed by atoms with Crippen LogP contribution >= 0.6 is 23.4 Å². The number of rotatable bonds is 7. The molecule has 3 amide bonds. The van der Waals surface area contributed by atoms with Crippen molar-refractivity contribution in [3.8, 4) is 11.3 Å². The van der Waals surface area contributed by atoms with E-state index in [4.69, 9.17) is 16.0 Å². The number of halogens is 1. The fraction of sp³-hybridized carbons (Fsp3) is 0.125. The molecule has 178 valence electrons. The van der Waals surface area contributed by atoms with Crippen LogP contribution in [-0.2, 0) is 16.0 Å². The first-order chi connectivity index (χ1) is 16.7. The molecule has 0 aliphatic carbocycles. The minimum atomic E-state index is -0.632. The van der Waals surface area contributed by atoms with Gasteiger partial charge in [0.05, 0.1) is 15.4 Å². The molecule has 2 heterocycles. The molecule has 0 saturated carbocycles. The van der Waals surface area contributed by atoms with Crippen LogP contribution in [0, 0.1) is 10.1 Å². The van der Waals surface area contributed by atoms with Gasteiger partial charge in [-0.2, -0.15) is 0 Å². The van der Waals surface area contributed by atoms with E-state index >= 15 is 0 Å². The van der Waals surface area contributed by atoms with Crippen LogP contribution in [0.25, 0.3) is 17.4 Å². The number of nitrogens with zero attached hydrogens (tertiary/aromatic N) is 2. The van der Waals surface area contributed by atoms with E-state index in [1.54, 1.807) is 12.1 Å². The third-order valence-corrected chi connectivity index (χ3v) is 6.29. The molecule has 9 nitrogen and oxygen atoms in total. The molecule has 2 aromatic carbocycles. The average Bonchev–Trinajstić information content (AvgIpc) is 3.39. The van der Waals surface area contributed by atoms with Gasteiger partial charge in [-0.25, -0.2) is 0 Å². The largest absolute Gasteiger partial charge is 0.456 e. The standard InChI is InChI=1S/C24H18ClN3O6S/c1-2-14-3-6-16(7-4-14)26-22(29)13-27-23(30)21(35-24(27)31)12-17-8-10-20(34-17)18-9-5-15(25)11-19(18)28(32)33/h3-12H,2,13H2,1H3,(H,26,29)/b21-12+. The summed E-state index contributed by atoms with van der Waals surface area (Å²) in [5.41, 5.74) is 1.67. The van der Waals surface area contributed by atoms with Crippen LogP contribution in [0.15, 0.2) is 63.9 Å². The highest BCUT2D eigenvalue weighted by molar-refractivity contribution is 8.18.